The summed E-state index contributed by atoms with van der Waals surface area (Å²) in [5.41, 5.74) is 1.68. The Labute approximate surface area is 147 Å². The number of aryl methyl sites for hydroxylation is 1. The van der Waals surface area contributed by atoms with Crippen LogP contribution in [0.3, 0.4) is 0 Å². The first-order valence-corrected chi connectivity index (χ1v) is 9.72. The molecule has 2 rings (SSSR count). The minimum Gasteiger partial charge on any atom is -0.324 e. The lowest BCUT2D eigenvalue weighted by atomic mass is 10.1. The number of anilines is 2. The molecular formula is C18H21FN2O3S. The van der Waals surface area contributed by atoms with Gasteiger partial charge in [0.25, 0.3) is 0 Å². The van der Waals surface area contributed by atoms with Crippen LogP contribution < -0.4 is 9.62 Å². The number of carbonyl (C=O) groups excluding carboxylic acids is 1. The normalized spacial score (nSPS) is 12.5. The van der Waals surface area contributed by atoms with Crippen molar-refractivity contribution in [1.82, 2.24) is 0 Å². The molecule has 0 aliphatic heterocycles. The molecule has 1 N–H and O–H groups in total. The van der Waals surface area contributed by atoms with Crippen LogP contribution in [0.1, 0.15) is 19.4 Å². The lowest BCUT2D eigenvalue weighted by Crippen LogP contribution is -2.45. The van der Waals surface area contributed by atoms with Crippen molar-refractivity contribution in [2.45, 2.75) is 26.3 Å². The number of hydrogen-bond acceptors (Lipinski definition) is 3. The highest BCUT2D eigenvalue weighted by Crippen LogP contribution is 2.23. The standard InChI is InChI=1S/C18H21FN2O3S/c1-4-14-8-5-6-11-17(14)20-18(22)13(2)21(25(3,23)24)16-10-7-9-15(19)12-16/h5-13H,4H2,1-3H3,(H,20,22)/t13-/m1/s1. The summed E-state index contributed by atoms with van der Waals surface area (Å²) < 4.78 is 38.8. The molecule has 1 atom stereocenters. The Kier molecular flexibility index (Phi) is 5.79. The second kappa shape index (κ2) is 7.65. The molecule has 0 spiro atoms. The van der Waals surface area contributed by atoms with Gasteiger partial charge in [0.1, 0.15) is 11.9 Å². The van der Waals surface area contributed by atoms with E-state index in [1.165, 1.54) is 25.1 Å². The molecule has 2 aromatic rings. The molecule has 134 valence electrons. The zero-order valence-electron chi connectivity index (χ0n) is 14.4. The zero-order chi connectivity index (χ0) is 18.6. The van der Waals surface area contributed by atoms with Gasteiger partial charge in [0.2, 0.25) is 15.9 Å². The van der Waals surface area contributed by atoms with Gasteiger partial charge in [-0.15, -0.1) is 0 Å². The van der Waals surface area contributed by atoms with Crippen molar-refractivity contribution in [1.29, 1.82) is 0 Å². The van der Waals surface area contributed by atoms with Gasteiger partial charge < -0.3 is 5.32 Å². The number of para-hydroxylation sites is 1. The number of hydrogen-bond donors (Lipinski definition) is 1. The summed E-state index contributed by atoms with van der Waals surface area (Å²) in [4.78, 5) is 12.6. The van der Waals surface area contributed by atoms with Crippen LogP contribution in [0, 0.1) is 5.82 Å². The number of sulfonamides is 1. The van der Waals surface area contributed by atoms with E-state index in [9.17, 15) is 17.6 Å². The molecule has 25 heavy (non-hydrogen) atoms. The molecule has 0 heterocycles. The zero-order valence-corrected chi connectivity index (χ0v) is 15.2. The Morgan fingerprint density at radius 2 is 1.88 bits per heavy atom. The van der Waals surface area contributed by atoms with E-state index >= 15 is 0 Å². The molecule has 0 aliphatic carbocycles. The van der Waals surface area contributed by atoms with Gasteiger partial charge in [-0.2, -0.15) is 0 Å². The summed E-state index contributed by atoms with van der Waals surface area (Å²) in [5.74, 6) is -1.06. The fourth-order valence-electron chi connectivity index (χ4n) is 2.61. The Morgan fingerprint density at radius 3 is 2.48 bits per heavy atom. The predicted octanol–water partition coefficient (Wildman–Crippen LogP) is 3.18. The van der Waals surface area contributed by atoms with Crippen LogP contribution in [-0.2, 0) is 21.2 Å². The van der Waals surface area contributed by atoms with Gasteiger partial charge in [-0.25, -0.2) is 12.8 Å². The second-order valence-electron chi connectivity index (χ2n) is 5.71. The largest absolute Gasteiger partial charge is 0.324 e. The van der Waals surface area contributed by atoms with Crippen molar-refractivity contribution in [2.24, 2.45) is 0 Å². The fraction of sp³-hybridized carbons (Fsp3) is 0.278. The first kappa shape index (κ1) is 18.9. The van der Waals surface area contributed by atoms with E-state index in [2.05, 4.69) is 5.32 Å². The highest BCUT2D eigenvalue weighted by molar-refractivity contribution is 7.92. The molecule has 2 aromatic carbocycles. The smallest absolute Gasteiger partial charge is 0.248 e. The summed E-state index contributed by atoms with van der Waals surface area (Å²) in [7, 11) is -3.78. The van der Waals surface area contributed by atoms with Gasteiger partial charge in [-0.1, -0.05) is 31.2 Å². The highest BCUT2D eigenvalue weighted by atomic mass is 32.2. The molecule has 0 unspecified atom stereocenters. The number of carbonyl (C=O) groups is 1. The molecule has 0 radical (unpaired) electrons. The molecule has 7 heteroatoms. The number of nitrogens with zero attached hydrogens (tertiary/aromatic N) is 1. The quantitative estimate of drug-likeness (QED) is 0.856. The minimum atomic E-state index is -3.78. The van der Waals surface area contributed by atoms with E-state index < -0.39 is 27.8 Å². The highest BCUT2D eigenvalue weighted by Gasteiger charge is 2.29. The molecule has 0 saturated heterocycles. The van der Waals surface area contributed by atoms with Crippen LogP contribution in [0.4, 0.5) is 15.8 Å². The Balaban J connectivity index is 2.33. The molecule has 0 aromatic heterocycles. The average molecular weight is 364 g/mol. The summed E-state index contributed by atoms with van der Waals surface area (Å²) in [6.45, 7) is 3.43. The van der Waals surface area contributed by atoms with E-state index in [4.69, 9.17) is 0 Å². The third kappa shape index (κ3) is 4.57. The van der Waals surface area contributed by atoms with Gasteiger partial charge in [-0.3, -0.25) is 9.10 Å². The minimum absolute atomic E-state index is 0.105. The summed E-state index contributed by atoms with van der Waals surface area (Å²) in [5, 5.41) is 2.76. The topological polar surface area (TPSA) is 66.5 Å². The van der Waals surface area contributed by atoms with Gasteiger partial charge in [0.15, 0.2) is 0 Å². The van der Waals surface area contributed by atoms with Crippen molar-refractivity contribution in [3.05, 3.63) is 59.9 Å². The van der Waals surface area contributed by atoms with E-state index in [0.29, 0.717) is 5.69 Å². The van der Waals surface area contributed by atoms with E-state index in [-0.39, 0.29) is 5.69 Å². The maximum Gasteiger partial charge on any atom is 0.248 e. The van der Waals surface area contributed by atoms with Crippen molar-refractivity contribution in [3.63, 3.8) is 0 Å². The van der Waals surface area contributed by atoms with E-state index in [1.54, 1.807) is 12.1 Å². The molecule has 0 saturated carbocycles. The number of nitrogens with one attached hydrogen (secondary N) is 1. The summed E-state index contributed by atoms with van der Waals surface area (Å²) in [6, 6.07) is 11.4. The SMILES string of the molecule is CCc1ccccc1NC(=O)[C@@H](C)N(c1cccc(F)c1)S(C)(=O)=O. The summed E-state index contributed by atoms with van der Waals surface area (Å²) in [6.07, 6.45) is 1.71. The van der Waals surface area contributed by atoms with Gasteiger partial charge in [-0.05, 0) is 43.2 Å². The maximum atomic E-state index is 13.5. The molecule has 0 bridgehead atoms. The van der Waals surface area contributed by atoms with Crippen LogP contribution in [0.2, 0.25) is 0 Å². The molecule has 5 nitrogen and oxygen atoms in total. The van der Waals surface area contributed by atoms with E-state index in [0.717, 1.165) is 28.6 Å². The Bertz CT molecular complexity index is 868. The fourth-order valence-corrected chi connectivity index (χ4v) is 3.78. The number of rotatable bonds is 6. The van der Waals surface area contributed by atoms with Crippen LogP contribution in [0.5, 0.6) is 0 Å². The molecule has 0 aliphatic rings. The molecule has 0 fully saturated rings. The number of benzene rings is 2. The number of halogens is 1. The van der Waals surface area contributed by atoms with Crippen molar-refractivity contribution in [3.8, 4) is 0 Å². The Hall–Kier alpha value is -2.41. The van der Waals surface area contributed by atoms with Crippen LogP contribution in [-0.4, -0.2) is 26.6 Å². The van der Waals surface area contributed by atoms with E-state index in [1.807, 2.05) is 19.1 Å². The third-order valence-electron chi connectivity index (χ3n) is 3.81. The second-order valence-corrected chi connectivity index (χ2v) is 7.57. The monoisotopic (exact) mass is 364 g/mol. The predicted molar refractivity (Wildman–Crippen MR) is 97.6 cm³/mol. The number of amides is 1. The first-order chi connectivity index (χ1) is 11.7. The van der Waals surface area contributed by atoms with Crippen molar-refractivity contribution >= 4 is 27.3 Å². The molecule has 1 amide bonds. The lowest BCUT2D eigenvalue weighted by Gasteiger charge is -2.28. The lowest BCUT2D eigenvalue weighted by molar-refractivity contribution is -0.116. The molecular weight excluding hydrogens is 343 g/mol. The average Bonchev–Trinajstić information content (AvgIpc) is 2.54. The third-order valence-corrected chi connectivity index (χ3v) is 5.05. The van der Waals surface area contributed by atoms with Crippen LogP contribution >= 0.6 is 0 Å². The summed E-state index contributed by atoms with van der Waals surface area (Å²) >= 11 is 0. The Morgan fingerprint density at radius 1 is 1.20 bits per heavy atom. The van der Waals surface area contributed by atoms with Crippen molar-refractivity contribution < 1.29 is 17.6 Å². The van der Waals surface area contributed by atoms with Crippen molar-refractivity contribution in [2.75, 3.05) is 15.9 Å². The van der Waals surface area contributed by atoms with Crippen LogP contribution in [0.25, 0.3) is 0 Å². The van der Waals surface area contributed by atoms with Gasteiger partial charge >= 0.3 is 0 Å². The maximum absolute atomic E-state index is 13.5. The van der Waals surface area contributed by atoms with Crippen LogP contribution in [0.15, 0.2) is 48.5 Å². The first-order valence-electron chi connectivity index (χ1n) is 7.87. The van der Waals surface area contributed by atoms with Gasteiger partial charge in [0.05, 0.1) is 11.9 Å². The van der Waals surface area contributed by atoms with Gasteiger partial charge in [0, 0.05) is 5.69 Å².